The van der Waals surface area contributed by atoms with Gasteiger partial charge in [0, 0.05) is 18.5 Å². The number of nitrogens with one attached hydrogen (secondary N) is 2. The molecule has 1 aliphatic heterocycles. The lowest BCUT2D eigenvalue weighted by Gasteiger charge is -2.07. The third-order valence-electron chi connectivity index (χ3n) is 3.35. The van der Waals surface area contributed by atoms with Crippen LogP contribution < -0.4 is 16.5 Å². The highest BCUT2D eigenvalue weighted by molar-refractivity contribution is 6.70. The molecule has 0 bridgehead atoms. The van der Waals surface area contributed by atoms with Crippen LogP contribution >= 0.6 is 0 Å². The van der Waals surface area contributed by atoms with Gasteiger partial charge in [0.2, 0.25) is 0 Å². The number of benzene rings is 1. The molecule has 0 fully saturated rings. The smallest absolute Gasteiger partial charge is 0.253 e. The number of amidine groups is 1. The summed E-state index contributed by atoms with van der Waals surface area (Å²) in [5, 5.41) is 14.2. The molecule has 2 heterocycles. The zero-order valence-electron chi connectivity index (χ0n) is 13.3. The van der Waals surface area contributed by atoms with Gasteiger partial charge in [-0.15, -0.1) is 10.2 Å². The van der Waals surface area contributed by atoms with Crippen molar-refractivity contribution in [2.45, 2.75) is 0 Å². The third-order valence-corrected chi connectivity index (χ3v) is 3.35. The van der Waals surface area contributed by atoms with Crippen LogP contribution in [-0.2, 0) is 0 Å². The Hall–Kier alpha value is -3.69. The molecular weight excluding hydrogens is 344 g/mol. The average Bonchev–Trinajstić information content (AvgIpc) is 3.01. The number of amides is 1. The number of hydrazone groups is 1. The van der Waals surface area contributed by atoms with Crippen molar-refractivity contribution in [2.24, 2.45) is 21.0 Å². The zero-order chi connectivity index (χ0) is 18.5. The molecule has 0 spiro atoms. The van der Waals surface area contributed by atoms with Crippen LogP contribution in [0.4, 0.5) is 14.5 Å². The summed E-state index contributed by atoms with van der Waals surface area (Å²) in [4.78, 5) is 15.9. The third kappa shape index (κ3) is 3.86. The lowest BCUT2D eigenvalue weighted by molar-refractivity contribution is 0.0959. The SMILES string of the molecule is NC1=NN=C(CNC(=O)c2cccnc2)/C1=N/Nc1ccc(F)c(F)c1. The topological polar surface area (TPSA) is 117 Å². The van der Waals surface area contributed by atoms with Gasteiger partial charge in [-0.05, 0) is 24.3 Å². The van der Waals surface area contributed by atoms with Gasteiger partial charge in [0.15, 0.2) is 23.2 Å². The molecule has 1 aromatic heterocycles. The minimum absolute atomic E-state index is 0.0240. The number of anilines is 1. The highest BCUT2D eigenvalue weighted by atomic mass is 19.2. The lowest BCUT2D eigenvalue weighted by Crippen LogP contribution is -2.37. The number of carbonyl (C=O) groups is 1. The standard InChI is InChI=1S/C16H13F2N7O/c17-11-4-3-10(6-12(11)18)22-24-14-13(23-25-15(14)19)8-21-16(26)9-2-1-5-20-7-9/h1-7,22H,8H2,(H,21,26)(H2,19,24,25). The number of carbonyl (C=O) groups excluding carboxylic acids is 1. The van der Waals surface area contributed by atoms with Gasteiger partial charge < -0.3 is 11.1 Å². The van der Waals surface area contributed by atoms with Crippen LogP contribution in [0.1, 0.15) is 10.4 Å². The van der Waals surface area contributed by atoms with Crippen LogP contribution in [0.25, 0.3) is 0 Å². The summed E-state index contributed by atoms with van der Waals surface area (Å²) in [6.07, 6.45) is 2.98. The van der Waals surface area contributed by atoms with E-state index in [1.165, 1.54) is 12.3 Å². The van der Waals surface area contributed by atoms with Gasteiger partial charge in [0.1, 0.15) is 5.71 Å². The molecule has 1 amide bonds. The fraction of sp³-hybridized carbons (Fsp3) is 0.0625. The van der Waals surface area contributed by atoms with Gasteiger partial charge in [0.25, 0.3) is 5.91 Å². The van der Waals surface area contributed by atoms with E-state index in [1.54, 1.807) is 18.3 Å². The first-order valence-corrected chi connectivity index (χ1v) is 7.42. The molecule has 1 aromatic carbocycles. The van der Waals surface area contributed by atoms with Gasteiger partial charge in [-0.3, -0.25) is 15.2 Å². The van der Waals surface area contributed by atoms with E-state index in [4.69, 9.17) is 5.73 Å². The van der Waals surface area contributed by atoms with E-state index >= 15 is 0 Å². The minimum atomic E-state index is -1.01. The monoisotopic (exact) mass is 357 g/mol. The second-order valence-corrected chi connectivity index (χ2v) is 5.16. The Balaban J connectivity index is 1.66. The van der Waals surface area contributed by atoms with Gasteiger partial charge >= 0.3 is 0 Å². The molecule has 26 heavy (non-hydrogen) atoms. The second kappa shape index (κ2) is 7.47. The molecule has 0 atom stereocenters. The molecule has 0 saturated heterocycles. The van der Waals surface area contributed by atoms with Crippen LogP contribution in [0.3, 0.4) is 0 Å². The summed E-state index contributed by atoms with van der Waals surface area (Å²) >= 11 is 0. The number of aromatic nitrogens is 1. The molecular formula is C16H13F2N7O. The molecule has 2 aromatic rings. The summed E-state index contributed by atoms with van der Waals surface area (Å²) in [6.45, 7) is 0.0240. The Morgan fingerprint density at radius 2 is 2.04 bits per heavy atom. The van der Waals surface area contributed by atoms with E-state index in [0.717, 1.165) is 12.1 Å². The highest BCUT2D eigenvalue weighted by Crippen LogP contribution is 2.13. The fourth-order valence-electron chi connectivity index (χ4n) is 2.05. The number of nitrogens with zero attached hydrogens (tertiary/aromatic N) is 4. The molecule has 1 aliphatic rings. The summed E-state index contributed by atoms with van der Waals surface area (Å²) < 4.78 is 26.2. The average molecular weight is 357 g/mol. The van der Waals surface area contributed by atoms with E-state index in [2.05, 4.69) is 31.0 Å². The Kier molecular flexibility index (Phi) is 4.92. The summed E-state index contributed by atoms with van der Waals surface area (Å²) in [7, 11) is 0. The number of hydrogen-bond donors (Lipinski definition) is 3. The maximum atomic E-state index is 13.2. The number of hydrogen-bond acceptors (Lipinski definition) is 7. The number of pyridine rings is 1. The lowest BCUT2D eigenvalue weighted by atomic mass is 10.2. The quantitative estimate of drug-likeness (QED) is 0.699. The molecule has 8 nitrogen and oxygen atoms in total. The van der Waals surface area contributed by atoms with Gasteiger partial charge in [-0.2, -0.15) is 5.10 Å². The fourth-order valence-corrected chi connectivity index (χ4v) is 2.05. The number of rotatable bonds is 5. The van der Waals surface area contributed by atoms with E-state index in [-0.39, 0.29) is 29.7 Å². The van der Waals surface area contributed by atoms with Crippen LogP contribution in [0, 0.1) is 11.6 Å². The van der Waals surface area contributed by atoms with Crippen molar-refractivity contribution < 1.29 is 13.6 Å². The maximum Gasteiger partial charge on any atom is 0.253 e. The molecule has 0 saturated carbocycles. The van der Waals surface area contributed by atoms with Crippen LogP contribution in [0.15, 0.2) is 58.0 Å². The summed E-state index contributed by atoms with van der Waals surface area (Å²) in [5.74, 6) is -2.30. The van der Waals surface area contributed by atoms with Gasteiger partial charge in [-0.1, -0.05) is 0 Å². The van der Waals surface area contributed by atoms with Crippen molar-refractivity contribution >= 4 is 28.9 Å². The van der Waals surface area contributed by atoms with Crippen molar-refractivity contribution in [3.8, 4) is 0 Å². The number of halogens is 2. The Labute approximate surface area is 146 Å². The molecule has 10 heteroatoms. The van der Waals surface area contributed by atoms with Gasteiger partial charge in [0.05, 0.1) is 17.8 Å². The largest absolute Gasteiger partial charge is 0.380 e. The Morgan fingerprint density at radius 1 is 1.19 bits per heavy atom. The van der Waals surface area contributed by atoms with Crippen molar-refractivity contribution in [3.05, 3.63) is 59.9 Å². The predicted octanol–water partition coefficient (Wildman–Crippen LogP) is 1.28. The van der Waals surface area contributed by atoms with Crippen molar-refractivity contribution in [1.82, 2.24) is 10.3 Å². The van der Waals surface area contributed by atoms with Crippen LogP contribution in [0.5, 0.6) is 0 Å². The summed E-state index contributed by atoms with van der Waals surface area (Å²) in [5.41, 5.74) is 9.38. The van der Waals surface area contributed by atoms with Crippen LogP contribution in [0.2, 0.25) is 0 Å². The Morgan fingerprint density at radius 3 is 2.77 bits per heavy atom. The van der Waals surface area contributed by atoms with Gasteiger partial charge in [-0.25, -0.2) is 8.78 Å². The first kappa shape index (κ1) is 17.1. The van der Waals surface area contributed by atoms with Crippen molar-refractivity contribution in [1.29, 1.82) is 0 Å². The Bertz CT molecular complexity index is 925. The number of nitrogens with two attached hydrogens (primary N) is 1. The molecule has 4 N–H and O–H groups in total. The first-order valence-electron chi connectivity index (χ1n) is 7.42. The predicted molar refractivity (Wildman–Crippen MR) is 93.0 cm³/mol. The molecule has 0 aliphatic carbocycles. The maximum absolute atomic E-state index is 13.2. The normalized spacial score (nSPS) is 14.8. The molecule has 0 unspecified atom stereocenters. The zero-order valence-corrected chi connectivity index (χ0v) is 13.3. The second-order valence-electron chi connectivity index (χ2n) is 5.16. The molecule has 3 rings (SSSR count). The van der Waals surface area contributed by atoms with E-state index in [9.17, 15) is 13.6 Å². The minimum Gasteiger partial charge on any atom is -0.380 e. The van der Waals surface area contributed by atoms with Crippen molar-refractivity contribution in [3.63, 3.8) is 0 Å². The molecule has 132 valence electrons. The van der Waals surface area contributed by atoms with E-state index in [0.29, 0.717) is 11.3 Å². The van der Waals surface area contributed by atoms with Crippen LogP contribution in [-0.4, -0.2) is 34.7 Å². The molecule has 0 radical (unpaired) electrons. The highest BCUT2D eigenvalue weighted by Gasteiger charge is 2.20. The van der Waals surface area contributed by atoms with Crippen molar-refractivity contribution in [2.75, 3.05) is 12.0 Å². The first-order chi connectivity index (χ1) is 12.5. The van der Waals surface area contributed by atoms with E-state index < -0.39 is 11.6 Å². The van der Waals surface area contributed by atoms with E-state index in [1.807, 2.05) is 0 Å². The summed E-state index contributed by atoms with van der Waals surface area (Å²) in [6, 6.07) is 6.48.